The molecule has 6 nitrogen and oxygen atoms in total. The average Bonchev–Trinajstić information content (AvgIpc) is 2.60. The molecule has 3 rings (SSSR count). The number of nitrogens with zero attached hydrogens (tertiary/aromatic N) is 1. The second-order valence-electron chi connectivity index (χ2n) is 5.75. The fourth-order valence-electron chi connectivity index (χ4n) is 2.98. The Hall–Kier alpha value is -2.89. The molecule has 6 heteroatoms. The predicted molar refractivity (Wildman–Crippen MR) is 88.9 cm³/mol. The lowest BCUT2D eigenvalue weighted by Crippen LogP contribution is -2.34. The summed E-state index contributed by atoms with van der Waals surface area (Å²) in [5.41, 5.74) is 2.37. The topological polar surface area (TPSA) is 81.5 Å². The quantitative estimate of drug-likeness (QED) is 0.676. The fraction of sp³-hybridized carbons (Fsp3) is 0.278. The molecule has 0 saturated carbocycles. The second-order valence-corrected chi connectivity index (χ2v) is 5.75. The predicted octanol–water partition coefficient (Wildman–Crippen LogP) is 3.17. The summed E-state index contributed by atoms with van der Waals surface area (Å²) in [6, 6.07) is 13.9. The summed E-state index contributed by atoms with van der Waals surface area (Å²) in [6.45, 7) is -0.167. The number of hydrogen-bond donors (Lipinski definition) is 1. The summed E-state index contributed by atoms with van der Waals surface area (Å²) in [4.78, 5) is 22.4. The van der Waals surface area contributed by atoms with Gasteiger partial charge in [0, 0.05) is 6.07 Å². The van der Waals surface area contributed by atoms with Gasteiger partial charge < -0.3 is 10.1 Å². The van der Waals surface area contributed by atoms with E-state index in [0.717, 1.165) is 24.8 Å². The number of ether oxygens (including phenoxy) is 1. The minimum absolute atomic E-state index is 0.00356. The van der Waals surface area contributed by atoms with E-state index in [4.69, 9.17) is 4.74 Å². The molecule has 0 saturated heterocycles. The van der Waals surface area contributed by atoms with Crippen LogP contribution in [-0.4, -0.2) is 17.4 Å². The van der Waals surface area contributed by atoms with Gasteiger partial charge in [-0.3, -0.25) is 14.9 Å². The van der Waals surface area contributed by atoms with Crippen LogP contribution in [0.1, 0.15) is 30.0 Å². The third-order valence-electron chi connectivity index (χ3n) is 4.10. The molecule has 124 valence electrons. The van der Waals surface area contributed by atoms with Crippen molar-refractivity contribution >= 4 is 11.6 Å². The summed E-state index contributed by atoms with van der Waals surface area (Å²) in [5.74, 6) is 0.0756. The summed E-state index contributed by atoms with van der Waals surface area (Å²) in [6.07, 6.45) is 2.97. The first-order chi connectivity index (χ1) is 11.6. The van der Waals surface area contributed by atoms with Gasteiger partial charge in [-0.05, 0) is 36.5 Å². The van der Waals surface area contributed by atoms with Crippen LogP contribution in [0, 0.1) is 10.1 Å². The molecule has 0 heterocycles. The maximum atomic E-state index is 12.1. The smallest absolute Gasteiger partial charge is 0.273 e. The lowest BCUT2D eigenvalue weighted by Gasteiger charge is -2.26. The number of carbonyl (C=O) groups is 1. The molecule has 1 atom stereocenters. The number of nitro benzene ring substituents is 1. The number of aryl methyl sites for hydroxylation is 1. The maximum Gasteiger partial charge on any atom is 0.273 e. The van der Waals surface area contributed by atoms with E-state index < -0.39 is 4.92 Å². The Labute approximate surface area is 139 Å². The number of nitrogens with one attached hydrogen (secondary N) is 1. The van der Waals surface area contributed by atoms with Crippen LogP contribution in [0.25, 0.3) is 0 Å². The van der Waals surface area contributed by atoms with Gasteiger partial charge in [0.2, 0.25) is 0 Å². The molecule has 0 fully saturated rings. The largest absolute Gasteiger partial charge is 0.484 e. The first-order valence-electron chi connectivity index (χ1n) is 7.88. The van der Waals surface area contributed by atoms with E-state index in [1.807, 2.05) is 18.2 Å². The van der Waals surface area contributed by atoms with E-state index >= 15 is 0 Å². The van der Waals surface area contributed by atoms with Gasteiger partial charge in [-0.2, -0.15) is 0 Å². The van der Waals surface area contributed by atoms with Gasteiger partial charge in [-0.25, -0.2) is 0 Å². The molecule has 1 aliphatic carbocycles. The molecule has 0 radical (unpaired) electrons. The molecule has 0 unspecified atom stereocenters. The highest BCUT2D eigenvalue weighted by Gasteiger charge is 2.21. The van der Waals surface area contributed by atoms with Crippen molar-refractivity contribution in [2.75, 3.05) is 6.61 Å². The number of benzene rings is 2. The third kappa shape index (κ3) is 3.71. The molecule has 0 spiro atoms. The first kappa shape index (κ1) is 16.0. The highest BCUT2D eigenvalue weighted by Crippen LogP contribution is 2.29. The van der Waals surface area contributed by atoms with E-state index in [0.29, 0.717) is 5.75 Å². The van der Waals surface area contributed by atoms with E-state index in [1.54, 1.807) is 6.07 Å². The first-order valence-corrected chi connectivity index (χ1v) is 7.88. The summed E-state index contributed by atoms with van der Waals surface area (Å²) in [7, 11) is 0. The van der Waals surface area contributed by atoms with Gasteiger partial charge in [0.1, 0.15) is 5.75 Å². The summed E-state index contributed by atoms with van der Waals surface area (Å²) in [5, 5.41) is 13.7. The molecule has 24 heavy (non-hydrogen) atoms. The van der Waals surface area contributed by atoms with Crippen LogP contribution in [0.15, 0.2) is 48.5 Å². The number of non-ortho nitro benzene ring substituents is 1. The van der Waals surface area contributed by atoms with Crippen LogP contribution in [0.2, 0.25) is 0 Å². The molecular formula is C18H18N2O4. The summed E-state index contributed by atoms with van der Waals surface area (Å²) < 4.78 is 5.37. The normalized spacial score (nSPS) is 16.1. The van der Waals surface area contributed by atoms with Crippen molar-refractivity contribution in [2.45, 2.75) is 25.3 Å². The minimum atomic E-state index is -0.494. The number of nitro groups is 1. The Morgan fingerprint density at radius 1 is 1.25 bits per heavy atom. The van der Waals surface area contributed by atoms with Gasteiger partial charge in [0.05, 0.1) is 17.0 Å². The zero-order valence-corrected chi connectivity index (χ0v) is 13.1. The van der Waals surface area contributed by atoms with Crippen LogP contribution in [0.3, 0.4) is 0 Å². The number of carbonyl (C=O) groups excluding carboxylic acids is 1. The van der Waals surface area contributed by atoms with Crippen molar-refractivity contribution in [1.29, 1.82) is 0 Å². The highest BCUT2D eigenvalue weighted by atomic mass is 16.6. The van der Waals surface area contributed by atoms with Crippen LogP contribution in [-0.2, 0) is 11.2 Å². The molecule has 1 N–H and O–H groups in total. The monoisotopic (exact) mass is 326 g/mol. The van der Waals surface area contributed by atoms with Crippen molar-refractivity contribution < 1.29 is 14.5 Å². The lowest BCUT2D eigenvalue weighted by molar-refractivity contribution is -0.384. The molecule has 0 bridgehead atoms. The van der Waals surface area contributed by atoms with E-state index in [2.05, 4.69) is 11.4 Å². The number of fused-ring (bicyclic) bond motifs is 1. The maximum absolute atomic E-state index is 12.1. The fourth-order valence-corrected chi connectivity index (χ4v) is 2.98. The number of amides is 1. The van der Waals surface area contributed by atoms with E-state index in [1.165, 1.54) is 23.8 Å². The zero-order chi connectivity index (χ0) is 16.9. The Bertz CT molecular complexity index is 760. The number of hydrogen-bond acceptors (Lipinski definition) is 4. The zero-order valence-electron chi connectivity index (χ0n) is 13.1. The van der Waals surface area contributed by atoms with Gasteiger partial charge in [0.25, 0.3) is 11.6 Å². The van der Waals surface area contributed by atoms with Crippen LogP contribution in [0.5, 0.6) is 5.75 Å². The van der Waals surface area contributed by atoms with Crippen molar-refractivity contribution in [3.63, 3.8) is 0 Å². The summed E-state index contributed by atoms with van der Waals surface area (Å²) >= 11 is 0. The van der Waals surface area contributed by atoms with E-state index in [9.17, 15) is 14.9 Å². The van der Waals surface area contributed by atoms with E-state index in [-0.39, 0.29) is 24.2 Å². The third-order valence-corrected chi connectivity index (χ3v) is 4.10. The van der Waals surface area contributed by atoms with Crippen LogP contribution >= 0.6 is 0 Å². The molecule has 1 amide bonds. The molecule has 2 aromatic carbocycles. The molecule has 0 aliphatic heterocycles. The number of rotatable bonds is 5. The Balaban J connectivity index is 1.59. The van der Waals surface area contributed by atoms with Crippen LogP contribution < -0.4 is 10.1 Å². The van der Waals surface area contributed by atoms with Gasteiger partial charge in [-0.15, -0.1) is 0 Å². The molecule has 2 aromatic rings. The highest BCUT2D eigenvalue weighted by molar-refractivity contribution is 5.78. The van der Waals surface area contributed by atoms with Gasteiger partial charge in [-0.1, -0.05) is 30.3 Å². The SMILES string of the molecule is O=C(COc1cccc([N+](=O)[O-])c1)N[C@H]1CCCc2ccccc21. The van der Waals surface area contributed by atoms with Crippen LogP contribution in [0.4, 0.5) is 5.69 Å². The van der Waals surface area contributed by atoms with Crippen molar-refractivity contribution in [3.05, 3.63) is 69.8 Å². The van der Waals surface area contributed by atoms with Crippen molar-refractivity contribution in [2.24, 2.45) is 0 Å². The Morgan fingerprint density at radius 2 is 2.08 bits per heavy atom. The lowest BCUT2D eigenvalue weighted by atomic mass is 9.88. The molecule has 0 aromatic heterocycles. The van der Waals surface area contributed by atoms with Crippen molar-refractivity contribution in [3.8, 4) is 5.75 Å². The molecule has 1 aliphatic rings. The van der Waals surface area contributed by atoms with Crippen molar-refractivity contribution in [1.82, 2.24) is 5.32 Å². The Morgan fingerprint density at radius 3 is 2.92 bits per heavy atom. The van der Waals surface area contributed by atoms with Gasteiger partial charge in [0.15, 0.2) is 6.61 Å². The Kier molecular flexibility index (Phi) is 4.74. The average molecular weight is 326 g/mol. The second kappa shape index (κ2) is 7.12. The minimum Gasteiger partial charge on any atom is -0.484 e. The van der Waals surface area contributed by atoms with Gasteiger partial charge >= 0.3 is 0 Å². The standard InChI is InChI=1S/C18H18N2O4/c21-18(12-24-15-8-4-7-14(11-15)20(22)23)19-17-10-3-6-13-5-1-2-9-16(13)17/h1-2,4-5,7-9,11,17H,3,6,10,12H2,(H,19,21)/t17-/m0/s1. The molecular weight excluding hydrogens is 308 g/mol.